The molecule has 3 N–H and O–H groups in total. The average molecular weight is 293 g/mol. The number of anilines is 2. The number of ether oxygens (including phenoxy) is 2. The zero-order valence-corrected chi connectivity index (χ0v) is 12.8. The second kappa shape index (κ2) is 6.32. The molecular weight excluding hydrogens is 270 g/mol. The van der Waals surface area contributed by atoms with Crippen molar-refractivity contribution < 1.29 is 14.3 Å². The quantitative estimate of drug-likeness (QED) is 0.797. The van der Waals surface area contributed by atoms with E-state index in [9.17, 15) is 4.79 Å². The number of carbonyl (C=O) groups is 1. The molecule has 0 aromatic heterocycles. The van der Waals surface area contributed by atoms with Crippen molar-refractivity contribution >= 4 is 17.3 Å². The number of rotatable bonds is 5. The van der Waals surface area contributed by atoms with Gasteiger partial charge in [0.25, 0.3) is 5.91 Å². The fraction of sp³-hybridized carbons (Fsp3) is 0.533. The molecule has 1 unspecified atom stereocenters. The van der Waals surface area contributed by atoms with Crippen molar-refractivity contribution in [2.45, 2.75) is 12.0 Å². The first-order valence-electron chi connectivity index (χ1n) is 6.95. The molecule has 1 aromatic rings. The SMILES string of the molecule is COC1(CNc2ccc(C(=O)N(C)C)cc2N)CCOC1. The molecular formula is C15H23N3O3. The van der Waals surface area contributed by atoms with Gasteiger partial charge in [-0.1, -0.05) is 0 Å². The average Bonchev–Trinajstić information content (AvgIpc) is 2.94. The lowest BCUT2D eigenvalue weighted by atomic mass is 10.0. The first-order chi connectivity index (χ1) is 9.97. The molecule has 0 spiro atoms. The number of hydrogen-bond donors (Lipinski definition) is 2. The highest BCUT2D eigenvalue weighted by Crippen LogP contribution is 2.26. The summed E-state index contributed by atoms with van der Waals surface area (Å²) in [7, 11) is 5.12. The number of carbonyl (C=O) groups excluding carboxylic acids is 1. The Hall–Kier alpha value is -1.79. The predicted molar refractivity (Wildman–Crippen MR) is 82.5 cm³/mol. The minimum atomic E-state index is -0.301. The van der Waals surface area contributed by atoms with E-state index in [4.69, 9.17) is 15.2 Å². The van der Waals surface area contributed by atoms with Crippen LogP contribution in [0.25, 0.3) is 0 Å². The summed E-state index contributed by atoms with van der Waals surface area (Å²) in [5, 5.41) is 3.29. The molecule has 0 saturated carbocycles. The smallest absolute Gasteiger partial charge is 0.253 e. The van der Waals surface area contributed by atoms with E-state index in [0.29, 0.717) is 31.0 Å². The highest BCUT2D eigenvalue weighted by molar-refractivity contribution is 5.95. The Kier molecular flexibility index (Phi) is 4.69. The molecule has 1 aliphatic heterocycles. The van der Waals surface area contributed by atoms with Crippen LogP contribution in [-0.4, -0.2) is 57.4 Å². The molecule has 2 rings (SSSR count). The van der Waals surface area contributed by atoms with Crippen molar-refractivity contribution in [3.8, 4) is 0 Å². The third-order valence-corrected chi connectivity index (χ3v) is 3.81. The van der Waals surface area contributed by atoms with E-state index < -0.39 is 0 Å². The Morgan fingerprint density at radius 1 is 1.52 bits per heavy atom. The zero-order chi connectivity index (χ0) is 15.5. The molecule has 1 amide bonds. The van der Waals surface area contributed by atoms with Crippen molar-refractivity contribution in [3.63, 3.8) is 0 Å². The molecule has 1 fully saturated rings. The van der Waals surface area contributed by atoms with Gasteiger partial charge in [-0.2, -0.15) is 0 Å². The number of benzene rings is 1. The number of nitrogens with zero attached hydrogens (tertiary/aromatic N) is 1. The molecule has 1 aliphatic rings. The van der Waals surface area contributed by atoms with Gasteiger partial charge in [-0.05, 0) is 18.2 Å². The minimum Gasteiger partial charge on any atom is -0.397 e. The van der Waals surface area contributed by atoms with Gasteiger partial charge in [0.15, 0.2) is 0 Å². The van der Waals surface area contributed by atoms with Gasteiger partial charge in [0.1, 0.15) is 5.60 Å². The van der Waals surface area contributed by atoms with Gasteiger partial charge >= 0.3 is 0 Å². The Morgan fingerprint density at radius 3 is 2.81 bits per heavy atom. The van der Waals surface area contributed by atoms with E-state index in [1.165, 1.54) is 4.90 Å². The fourth-order valence-electron chi connectivity index (χ4n) is 2.33. The summed E-state index contributed by atoms with van der Waals surface area (Å²) in [5.74, 6) is -0.0641. The van der Waals surface area contributed by atoms with Crippen LogP contribution in [0.1, 0.15) is 16.8 Å². The van der Waals surface area contributed by atoms with Gasteiger partial charge in [0.05, 0.1) is 18.0 Å². The molecule has 0 bridgehead atoms. The van der Waals surface area contributed by atoms with E-state index >= 15 is 0 Å². The summed E-state index contributed by atoms with van der Waals surface area (Å²) >= 11 is 0. The van der Waals surface area contributed by atoms with E-state index in [2.05, 4.69) is 5.32 Å². The van der Waals surface area contributed by atoms with Gasteiger partial charge in [-0.15, -0.1) is 0 Å². The van der Waals surface area contributed by atoms with Crippen molar-refractivity contribution in [2.75, 3.05) is 52.0 Å². The number of nitrogens with two attached hydrogens (primary N) is 1. The predicted octanol–water partition coefficient (Wildman–Crippen LogP) is 1.19. The van der Waals surface area contributed by atoms with Crippen LogP contribution < -0.4 is 11.1 Å². The van der Waals surface area contributed by atoms with Crippen molar-refractivity contribution in [3.05, 3.63) is 23.8 Å². The molecule has 6 nitrogen and oxygen atoms in total. The topological polar surface area (TPSA) is 76.8 Å². The second-order valence-corrected chi connectivity index (χ2v) is 5.54. The van der Waals surface area contributed by atoms with E-state index in [0.717, 1.165) is 12.1 Å². The van der Waals surface area contributed by atoms with Crippen molar-refractivity contribution in [1.29, 1.82) is 0 Å². The highest BCUT2D eigenvalue weighted by Gasteiger charge is 2.34. The van der Waals surface area contributed by atoms with Gasteiger partial charge in [-0.3, -0.25) is 4.79 Å². The van der Waals surface area contributed by atoms with E-state index in [-0.39, 0.29) is 11.5 Å². The van der Waals surface area contributed by atoms with Crippen LogP contribution >= 0.6 is 0 Å². The van der Waals surface area contributed by atoms with Crippen molar-refractivity contribution in [2.24, 2.45) is 0 Å². The lowest BCUT2D eigenvalue weighted by molar-refractivity contribution is -0.00618. The summed E-state index contributed by atoms with van der Waals surface area (Å²) in [6.45, 7) is 1.91. The summed E-state index contributed by atoms with van der Waals surface area (Å²) in [4.78, 5) is 13.4. The summed E-state index contributed by atoms with van der Waals surface area (Å²) in [6.07, 6.45) is 0.855. The Labute approximate surface area is 125 Å². The lowest BCUT2D eigenvalue weighted by Gasteiger charge is -2.26. The standard InChI is InChI=1S/C15H23N3O3/c1-18(2)14(19)11-4-5-13(12(16)8-11)17-9-15(20-3)6-7-21-10-15/h4-5,8,17H,6-7,9-10,16H2,1-3H3. The van der Waals surface area contributed by atoms with Crippen LogP contribution in [0.5, 0.6) is 0 Å². The minimum absolute atomic E-state index is 0.0641. The largest absolute Gasteiger partial charge is 0.397 e. The zero-order valence-electron chi connectivity index (χ0n) is 12.8. The van der Waals surface area contributed by atoms with Crippen molar-refractivity contribution in [1.82, 2.24) is 4.90 Å². The first-order valence-corrected chi connectivity index (χ1v) is 6.95. The van der Waals surface area contributed by atoms with E-state index in [1.54, 1.807) is 33.3 Å². The maximum absolute atomic E-state index is 11.9. The number of hydrogen-bond acceptors (Lipinski definition) is 5. The van der Waals surface area contributed by atoms with Crippen LogP contribution in [0.3, 0.4) is 0 Å². The summed E-state index contributed by atoms with van der Waals surface area (Å²) in [5.41, 5.74) is 7.65. The fourth-order valence-corrected chi connectivity index (χ4v) is 2.33. The third kappa shape index (κ3) is 3.46. The van der Waals surface area contributed by atoms with Crippen LogP contribution in [0, 0.1) is 0 Å². The monoisotopic (exact) mass is 293 g/mol. The molecule has 116 valence electrons. The second-order valence-electron chi connectivity index (χ2n) is 5.54. The summed E-state index contributed by atoms with van der Waals surface area (Å²) in [6, 6.07) is 5.28. The Balaban J connectivity index is 2.06. The lowest BCUT2D eigenvalue weighted by Crippen LogP contribution is -2.39. The van der Waals surface area contributed by atoms with E-state index in [1.807, 2.05) is 6.07 Å². The van der Waals surface area contributed by atoms with Gasteiger partial charge in [0, 0.05) is 46.3 Å². The van der Waals surface area contributed by atoms with Gasteiger partial charge in [0.2, 0.25) is 0 Å². The maximum atomic E-state index is 11.9. The van der Waals surface area contributed by atoms with Crippen LogP contribution in [0.2, 0.25) is 0 Å². The molecule has 1 aromatic carbocycles. The maximum Gasteiger partial charge on any atom is 0.253 e. The van der Waals surface area contributed by atoms with Gasteiger partial charge < -0.3 is 25.4 Å². The van der Waals surface area contributed by atoms with Crippen LogP contribution in [0.4, 0.5) is 11.4 Å². The van der Waals surface area contributed by atoms with Crippen LogP contribution in [0.15, 0.2) is 18.2 Å². The number of nitrogen functional groups attached to an aromatic ring is 1. The molecule has 1 heterocycles. The first kappa shape index (κ1) is 15.6. The van der Waals surface area contributed by atoms with Crippen LogP contribution in [-0.2, 0) is 9.47 Å². The number of methoxy groups -OCH3 is 1. The third-order valence-electron chi connectivity index (χ3n) is 3.81. The number of amides is 1. The molecule has 0 aliphatic carbocycles. The number of nitrogens with one attached hydrogen (secondary N) is 1. The Morgan fingerprint density at radius 2 is 2.29 bits per heavy atom. The Bertz CT molecular complexity index is 511. The molecule has 21 heavy (non-hydrogen) atoms. The normalized spacial score (nSPS) is 21.3. The highest BCUT2D eigenvalue weighted by atomic mass is 16.5. The molecule has 1 saturated heterocycles. The molecule has 1 atom stereocenters. The molecule has 6 heteroatoms. The van der Waals surface area contributed by atoms with Gasteiger partial charge in [-0.25, -0.2) is 0 Å². The summed E-state index contributed by atoms with van der Waals surface area (Å²) < 4.78 is 11.0. The molecule has 0 radical (unpaired) electrons.